The van der Waals surface area contributed by atoms with Gasteiger partial charge in [0.05, 0.1) is 11.0 Å². The molecule has 3 aromatic rings. The van der Waals surface area contributed by atoms with E-state index in [1.54, 1.807) is 25.5 Å². The minimum absolute atomic E-state index is 0.0237. The minimum Gasteiger partial charge on any atom is -0.368 e. The number of terminal acetylenes is 1. The van der Waals surface area contributed by atoms with Gasteiger partial charge in [-0.1, -0.05) is 6.08 Å². The number of carbonyl (C=O) groups is 1. The molecule has 1 aromatic carbocycles. The maximum atomic E-state index is 14.2. The van der Waals surface area contributed by atoms with E-state index in [2.05, 4.69) is 44.3 Å². The van der Waals surface area contributed by atoms with Crippen molar-refractivity contribution in [1.82, 2.24) is 29.3 Å². The van der Waals surface area contributed by atoms with Crippen molar-refractivity contribution in [2.75, 3.05) is 39.0 Å². The summed E-state index contributed by atoms with van der Waals surface area (Å²) in [7, 11) is 1.72. The molecular weight excluding hydrogens is 550 g/mol. The van der Waals surface area contributed by atoms with Crippen molar-refractivity contribution in [3.8, 4) is 12.8 Å². The number of amides is 1. The average molecular weight is 593 g/mol. The van der Waals surface area contributed by atoms with Crippen molar-refractivity contribution < 1.29 is 13.6 Å². The van der Waals surface area contributed by atoms with E-state index in [1.807, 2.05) is 23.3 Å². The van der Waals surface area contributed by atoms with Gasteiger partial charge in [-0.3, -0.25) is 14.7 Å². The fourth-order valence-electron chi connectivity index (χ4n) is 5.63. The highest BCUT2D eigenvalue weighted by Crippen LogP contribution is 2.32. The summed E-state index contributed by atoms with van der Waals surface area (Å²) in [6.07, 6.45) is 16.9. The number of nitrogens with two attached hydrogens (primary N) is 1. The summed E-state index contributed by atoms with van der Waals surface area (Å²) in [4.78, 5) is 34.6. The maximum absolute atomic E-state index is 14.2. The molecule has 0 bridgehead atoms. The molecule has 5 rings (SSSR count). The molecule has 2 aliphatic rings. The van der Waals surface area contributed by atoms with Crippen LogP contribution in [-0.2, 0) is 17.8 Å². The van der Waals surface area contributed by atoms with Crippen LogP contribution in [-0.4, -0.2) is 74.2 Å². The summed E-state index contributed by atoms with van der Waals surface area (Å²) in [6, 6.07) is 2.45. The number of aliphatic imine (C=N–C) groups is 1. The molecule has 43 heavy (non-hydrogen) atoms. The second-order valence-corrected chi connectivity index (χ2v) is 10.8. The van der Waals surface area contributed by atoms with Gasteiger partial charge < -0.3 is 15.2 Å². The van der Waals surface area contributed by atoms with Crippen LogP contribution < -0.4 is 5.73 Å². The molecule has 0 atom stereocenters. The Morgan fingerprint density at radius 3 is 2.26 bits per heavy atom. The van der Waals surface area contributed by atoms with E-state index in [-0.39, 0.29) is 23.8 Å². The number of likely N-dealkylation sites (tertiary alicyclic amines) is 2. The molecule has 11 heteroatoms. The lowest BCUT2D eigenvalue weighted by Crippen LogP contribution is -2.45. The molecule has 1 amide bonds. The highest BCUT2D eigenvalue weighted by atomic mass is 19.2. The number of benzene rings is 1. The summed E-state index contributed by atoms with van der Waals surface area (Å²) < 4.78 is 30.1. The number of halogens is 2. The number of imidazole rings is 1. The number of rotatable bonds is 6. The Balaban J connectivity index is 0.000000953. The second-order valence-electron chi connectivity index (χ2n) is 10.8. The first-order valence-corrected chi connectivity index (χ1v) is 14.5. The number of hydrogen-bond acceptors (Lipinski definition) is 7. The number of fused-ring (bicyclic) bond motifs is 1. The zero-order valence-corrected chi connectivity index (χ0v) is 25.3. The molecule has 0 spiro atoms. The van der Waals surface area contributed by atoms with Crippen LogP contribution in [0.25, 0.3) is 11.0 Å². The van der Waals surface area contributed by atoms with Gasteiger partial charge in [0.1, 0.15) is 5.82 Å². The summed E-state index contributed by atoms with van der Waals surface area (Å²) in [5, 5.41) is 0. The zero-order valence-electron chi connectivity index (χ0n) is 25.3. The topological polar surface area (TPSA) is 106 Å². The molecule has 0 radical (unpaired) electrons. The van der Waals surface area contributed by atoms with Crippen molar-refractivity contribution in [3.05, 3.63) is 60.2 Å². The summed E-state index contributed by atoms with van der Waals surface area (Å²) >= 11 is 0. The molecule has 2 aromatic heterocycles. The fourth-order valence-corrected chi connectivity index (χ4v) is 5.63. The van der Waals surface area contributed by atoms with Crippen molar-refractivity contribution in [2.24, 2.45) is 10.9 Å². The van der Waals surface area contributed by atoms with Gasteiger partial charge in [-0.05, 0) is 52.6 Å². The molecule has 0 saturated carbocycles. The van der Waals surface area contributed by atoms with Gasteiger partial charge in [0.15, 0.2) is 11.6 Å². The maximum Gasteiger partial charge on any atom is 0.225 e. The minimum atomic E-state index is -0.900. The van der Waals surface area contributed by atoms with Gasteiger partial charge in [-0.25, -0.2) is 23.7 Å². The van der Waals surface area contributed by atoms with E-state index < -0.39 is 11.6 Å². The zero-order chi connectivity index (χ0) is 31.5. The van der Waals surface area contributed by atoms with Gasteiger partial charge in [-0.15, -0.1) is 19.4 Å². The molecule has 0 unspecified atom stereocenters. The number of allylic oxidation sites excluding steroid dienone is 1. The van der Waals surface area contributed by atoms with Crippen molar-refractivity contribution in [1.29, 1.82) is 0 Å². The van der Waals surface area contributed by atoms with Crippen LogP contribution in [0, 0.1) is 30.4 Å². The predicted octanol–water partition coefficient (Wildman–Crippen LogP) is 4.84. The van der Waals surface area contributed by atoms with Crippen LogP contribution in [0.15, 0.2) is 42.2 Å². The monoisotopic (exact) mass is 592 g/mol. The average Bonchev–Trinajstić information content (AvgIpc) is 3.36. The van der Waals surface area contributed by atoms with E-state index in [9.17, 15) is 13.6 Å². The van der Waals surface area contributed by atoms with E-state index in [0.717, 1.165) is 68.5 Å². The number of aromatic nitrogens is 4. The lowest BCUT2D eigenvalue weighted by molar-refractivity contribution is -0.138. The van der Waals surface area contributed by atoms with Gasteiger partial charge in [0, 0.05) is 80.9 Å². The number of carbonyl (C=O) groups excluding carboxylic acids is 1. The highest BCUT2D eigenvalue weighted by molar-refractivity contribution is 5.85. The first-order valence-electron chi connectivity index (χ1n) is 14.5. The van der Waals surface area contributed by atoms with Gasteiger partial charge in [-0.2, -0.15) is 0 Å². The third-order valence-electron chi connectivity index (χ3n) is 7.81. The number of anilines is 1. The van der Waals surface area contributed by atoms with Crippen LogP contribution in [0.4, 0.5) is 14.7 Å². The third kappa shape index (κ3) is 8.45. The molecule has 230 valence electrons. The summed E-state index contributed by atoms with van der Waals surface area (Å²) in [6.45, 7) is 10.9. The molecule has 2 N–H and O–H groups in total. The Kier molecular flexibility index (Phi) is 12.3. The normalized spacial score (nSPS) is 16.6. The van der Waals surface area contributed by atoms with Crippen LogP contribution in [0.1, 0.15) is 57.0 Å². The van der Waals surface area contributed by atoms with Crippen molar-refractivity contribution in [3.63, 3.8) is 0 Å². The Morgan fingerprint density at radius 2 is 1.67 bits per heavy atom. The number of piperidine rings is 2. The number of nitrogen functional groups attached to an aromatic ring is 1. The first-order chi connectivity index (χ1) is 20.7. The van der Waals surface area contributed by atoms with E-state index in [0.29, 0.717) is 30.5 Å². The fraction of sp³-hybridized carbons (Fsp3) is 0.469. The van der Waals surface area contributed by atoms with Crippen molar-refractivity contribution >= 4 is 28.6 Å². The second kappa shape index (κ2) is 15.9. The third-order valence-corrected chi connectivity index (χ3v) is 7.81. The standard InChI is InChI=1S/C27H34F2N8O.C3H6.C2H2/c1-17(31-2)11-25-34-23-12-21(28)22(29)13-24(23)37(25)20-5-9-36(10-6-20)26(38)19-3-7-35(8-4-19)16-18-14-32-27(30)33-15-18;1-3-2;1-2/h12-15,19-20H,3-11,16H2,1-2H3,(H2,30,32,33);3H,1H2,2H3;1-2H. The highest BCUT2D eigenvalue weighted by Gasteiger charge is 2.32. The van der Waals surface area contributed by atoms with E-state index in [1.165, 1.54) is 6.07 Å². The van der Waals surface area contributed by atoms with E-state index >= 15 is 0 Å². The largest absolute Gasteiger partial charge is 0.368 e. The number of nitrogens with zero attached hydrogens (tertiary/aromatic N) is 7. The van der Waals surface area contributed by atoms with Gasteiger partial charge >= 0.3 is 0 Å². The SMILES string of the molecule is C#C.C=CC.CN=C(C)Cc1nc2cc(F)c(F)cc2n1C1CCN(C(=O)C2CCN(Cc3cnc(N)nc3)CC2)CC1. The lowest BCUT2D eigenvalue weighted by Gasteiger charge is -2.38. The summed E-state index contributed by atoms with van der Waals surface area (Å²) in [5.74, 6) is -0.522. The van der Waals surface area contributed by atoms with Crippen LogP contribution >= 0.6 is 0 Å². The molecule has 9 nitrogen and oxygen atoms in total. The molecule has 4 heterocycles. The van der Waals surface area contributed by atoms with Crippen LogP contribution in [0.5, 0.6) is 0 Å². The molecule has 0 aliphatic carbocycles. The van der Waals surface area contributed by atoms with Crippen LogP contribution in [0.2, 0.25) is 0 Å². The Labute approximate surface area is 252 Å². The van der Waals surface area contributed by atoms with Crippen molar-refractivity contribution in [2.45, 2.75) is 58.5 Å². The quantitative estimate of drug-likeness (QED) is 0.250. The molecule has 2 saturated heterocycles. The van der Waals surface area contributed by atoms with Gasteiger partial charge in [0.25, 0.3) is 0 Å². The lowest BCUT2D eigenvalue weighted by atomic mass is 9.93. The predicted molar refractivity (Wildman–Crippen MR) is 167 cm³/mol. The van der Waals surface area contributed by atoms with Gasteiger partial charge in [0.2, 0.25) is 11.9 Å². The molecule has 2 aliphatic heterocycles. The van der Waals surface area contributed by atoms with E-state index in [4.69, 9.17) is 5.73 Å². The first kappa shape index (κ1) is 33.3. The Bertz CT molecular complexity index is 1420. The summed E-state index contributed by atoms with van der Waals surface area (Å²) in [5.41, 5.74) is 8.51. The Hall–Kier alpha value is -4.17. The Morgan fingerprint density at radius 1 is 1.09 bits per heavy atom. The number of hydrogen-bond donors (Lipinski definition) is 1. The molecule has 2 fully saturated rings. The van der Waals surface area contributed by atoms with Crippen LogP contribution in [0.3, 0.4) is 0 Å². The molecular formula is C32H42F2N8O. The smallest absolute Gasteiger partial charge is 0.225 e.